The van der Waals surface area contributed by atoms with E-state index in [1.807, 2.05) is 6.92 Å². The van der Waals surface area contributed by atoms with Gasteiger partial charge in [0.1, 0.15) is 6.04 Å². The molecule has 0 aromatic rings. The molecule has 0 saturated heterocycles. The van der Waals surface area contributed by atoms with Gasteiger partial charge in [0.2, 0.25) is 29.5 Å². The molecule has 1 unspecified atom stereocenters. The molecule has 0 aromatic carbocycles. The topological polar surface area (TPSA) is 169 Å². The summed E-state index contributed by atoms with van der Waals surface area (Å²) in [5, 5.41) is 21.8. The number of carbonyl (C=O) groups excluding carboxylic acids is 5. The van der Waals surface area contributed by atoms with Crippen LogP contribution in [0.5, 0.6) is 0 Å². The summed E-state index contributed by atoms with van der Waals surface area (Å²) in [5.74, 6) is -1.33. The van der Waals surface area contributed by atoms with E-state index >= 15 is 0 Å². The third kappa shape index (κ3) is 17.1. The molecular formula is C23H42N6O6. The Balaban J connectivity index is 3.99. The van der Waals surface area contributed by atoms with Crippen molar-refractivity contribution < 1.29 is 29.1 Å². The summed E-state index contributed by atoms with van der Waals surface area (Å²) in [6.07, 6.45) is 5.04. The lowest BCUT2D eigenvalue weighted by molar-refractivity contribution is -0.130. The second-order valence-electron chi connectivity index (χ2n) is 7.94. The van der Waals surface area contributed by atoms with Crippen LogP contribution in [0.1, 0.15) is 45.4 Å². The summed E-state index contributed by atoms with van der Waals surface area (Å²) < 4.78 is 0. The van der Waals surface area contributed by atoms with E-state index in [-0.39, 0.29) is 44.5 Å². The molecule has 0 heterocycles. The Morgan fingerprint density at radius 3 is 2.29 bits per heavy atom. The van der Waals surface area contributed by atoms with Crippen LogP contribution in [-0.4, -0.2) is 98.5 Å². The number of amides is 5. The van der Waals surface area contributed by atoms with Crippen molar-refractivity contribution in [3.63, 3.8) is 0 Å². The highest BCUT2D eigenvalue weighted by Gasteiger charge is 2.19. The van der Waals surface area contributed by atoms with Crippen molar-refractivity contribution in [3.8, 4) is 0 Å². The van der Waals surface area contributed by atoms with Gasteiger partial charge in [-0.2, -0.15) is 0 Å². The third-order valence-corrected chi connectivity index (χ3v) is 4.95. The van der Waals surface area contributed by atoms with Crippen LogP contribution in [0.4, 0.5) is 0 Å². The zero-order chi connectivity index (χ0) is 26.5. The molecule has 0 radical (unpaired) electrons. The molecule has 0 aliphatic heterocycles. The zero-order valence-corrected chi connectivity index (χ0v) is 21.0. The SMILES string of the molecule is C=CCC(NC(=O)CNCCNC(=O)CCCCCN(C)C(=O)CC)C(=O)NCC(=O)NCCO. The molecule has 5 amide bonds. The minimum Gasteiger partial charge on any atom is -0.395 e. The van der Waals surface area contributed by atoms with E-state index in [9.17, 15) is 24.0 Å². The first kappa shape index (κ1) is 32.0. The van der Waals surface area contributed by atoms with E-state index < -0.39 is 23.8 Å². The highest BCUT2D eigenvalue weighted by molar-refractivity contribution is 5.91. The van der Waals surface area contributed by atoms with Crippen molar-refractivity contribution in [2.24, 2.45) is 0 Å². The largest absolute Gasteiger partial charge is 0.395 e. The van der Waals surface area contributed by atoms with Gasteiger partial charge in [-0.25, -0.2) is 0 Å². The predicted octanol–water partition coefficient (Wildman–Crippen LogP) is -1.59. The maximum atomic E-state index is 12.2. The van der Waals surface area contributed by atoms with Gasteiger partial charge in [0, 0.05) is 46.1 Å². The maximum Gasteiger partial charge on any atom is 0.243 e. The minimum absolute atomic E-state index is 0.0439. The molecule has 0 rings (SSSR count). The van der Waals surface area contributed by atoms with E-state index in [1.54, 1.807) is 11.9 Å². The summed E-state index contributed by atoms with van der Waals surface area (Å²) in [7, 11) is 1.78. The summed E-state index contributed by atoms with van der Waals surface area (Å²) >= 11 is 0. The second-order valence-corrected chi connectivity index (χ2v) is 7.94. The maximum absolute atomic E-state index is 12.2. The molecular weight excluding hydrogens is 456 g/mol. The van der Waals surface area contributed by atoms with Crippen molar-refractivity contribution in [1.29, 1.82) is 0 Å². The van der Waals surface area contributed by atoms with Gasteiger partial charge >= 0.3 is 0 Å². The van der Waals surface area contributed by atoms with Gasteiger partial charge in [0.25, 0.3) is 0 Å². The first-order chi connectivity index (χ1) is 16.7. The van der Waals surface area contributed by atoms with Crippen LogP contribution in [0.3, 0.4) is 0 Å². The van der Waals surface area contributed by atoms with Crippen molar-refractivity contribution in [2.45, 2.75) is 51.5 Å². The third-order valence-electron chi connectivity index (χ3n) is 4.95. The van der Waals surface area contributed by atoms with E-state index in [4.69, 9.17) is 5.11 Å². The first-order valence-corrected chi connectivity index (χ1v) is 12.0. The number of hydrogen-bond donors (Lipinski definition) is 6. The molecule has 12 nitrogen and oxygen atoms in total. The molecule has 0 spiro atoms. The van der Waals surface area contributed by atoms with Crippen molar-refractivity contribution >= 4 is 29.5 Å². The molecule has 0 aromatic heterocycles. The average molecular weight is 499 g/mol. The van der Waals surface area contributed by atoms with E-state index in [0.717, 1.165) is 19.3 Å². The molecule has 0 aliphatic carbocycles. The van der Waals surface area contributed by atoms with E-state index in [0.29, 0.717) is 32.5 Å². The highest BCUT2D eigenvalue weighted by Crippen LogP contribution is 2.02. The Bertz CT molecular complexity index is 687. The standard InChI is InChI=1S/C23H42N6O6/c1-4-9-18(23(35)27-17-20(32)26-13-15-30)28-21(33)16-24-11-12-25-19(31)10-7-6-8-14-29(3)22(34)5-2/h4,18,24,30H,1,5-17H2,2-3H3,(H,25,31)(H,26,32)(H,27,35)(H,28,33). The Hall–Kier alpha value is -2.99. The van der Waals surface area contributed by atoms with Gasteiger partial charge in [-0.15, -0.1) is 6.58 Å². The normalized spacial score (nSPS) is 11.2. The second kappa shape index (κ2) is 20.4. The van der Waals surface area contributed by atoms with Crippen LogP contribution in [0, 0.1) is 0 Å². The lowest BCUT2D eigenvalue weighted by Gasteiger charge is -2.17. The van der Waals surface area contributed by atoms with Crippen molar-refractivity contribution in [3.05, 3.63) is 12.7 Å². The van der Waals surface area contributed by atoms with Crippen LogP contribution in [-0.2, 0) is 24.0 Å². The highest BCUT2D eigenvalue weighted by atomic mass is 16.3. The van der Waals surface area contributed by atoms with Crippen LogP contribution in [0.2, 0.25) is 0 Å². The summed E-state index contributed by atoms with van der Waals surface area (Å²) in [4.78, 5) is 60.9. The number of nitrogens with one attached hydrogen (secondary N) is 5. The number of hydrogen-bond acceptors (Lipinski definition) is 7. The van der Waals surface area contributed by atoms with Crippen LogP contribution < -0.4 is 26.6 Å². The lowest BCUT2D eigenvalue weighted by Crippen LogP contribution is -2.50. The summed E-state index contributed by atoms with van der Waals surface area (Å²) in [6.45, 7) is 6.41. The Labute approximate surface area is 207 Å². The summed E-state index contributed by atoms with van der Waals surface area (Å²) in [5.41, 5.74) is 0. The minimum atomic E-state index is -0.868. The number of aliphatic hydroxyl groups is 1. The number of aliphatic hydroxyl groups excluding tert-OH is 1. The quantitative estimate of drug-likeness (QED) is 0.0868. The fourth-order valence-electron chi connectivity index (χ4n) is 2.98. The van der Waals surface area contributed by atoms with Gasteiger partial charge in [0.05, 0.1) is 19.7 Å². The fourth-order valence-corrected chi connectivity index (χ4v) is 2.98. The molecule has 0 aliphatic rings. The molecule has 1 atom stereocenters. The van der Waals surface area contributed by atoms with Crippen molar-refractivity contribution in [2.75, 3.05) is 52.9 Å². The number of unbranched alkanes of at least 4 members (excludes halogenated alkanes) is 2. The lowest BCUT2D eigenvalue weighted by atomic mass is 10.2. The molecule has 35 heavy (non-hydrogen) atoms. The van der Waals surface area contributed by atoms with Gasteiger partial charge < -0.3 is 36.6 Å². The molecule has 200 valence electrons. The monoisotopic (exact) mass is 498 g/mol. The number of carbonyl (C=O) groups is 5. The van der Waals surface area contributed by atoms with E-state index in [2.05, 4.69) is 33.2 Å². The molecule has 0 fully saturated rings. The van der Waals surface area contributed by atoms with Gasteiger partial charge in [-0.3, -0.25) is 24.0 Å². The van der Waals surface area contributed by atoms with Gasteiger partial charge in [0.15, 0.2) is 0 Å². The molecule has 6 N–H and O–H groups in total. The van der Waals surface area contributed by atoms with Gasteiger partial charge in [-0.05, 0) is 19.3 Å². The van der Waals surface area contributed by atoms with Gasteiger partial charge in [-0.1, -0.05) is 19.4 Å². The fraction of sp³-hybridized carbons (Fsp3) is 0.696. The predicted molar refractivity (Wildman–Crippen MR) is 132 cm³/mol. The Kier molecular flexibility index (Phi) is 18.6. The van der Waals surface area contributed by atoms with E-state index in [1.165, 1.54) is 6.08 Å². The Morgan fingerprint density at radius 1 is 0.914 bits per heavy atom. The van der Waals surface area contributed by atoms with Crippen LogP contribution in [0.15, 0.2) is 12.7 Å². The Morgan fingerprint density at radius 2 is 1.63 bits per heavy atom. The van der Waals surface area contributed by atoms with Crippen molar-refractivity contribution in [1.82, 2.24) is 31.5 Å². The smallest absolute Gasteiger partial charge is 0.243 e. The molecule has 0 bridgehead atoms. The van der Waals surface area contributed by atoms with Crippen LogP contribution in [0.25, 0.3) is 0 Å². The number of rotatable bonds is 20. The molecule has 12 heteroatoms. The first-order valence-electron chi connectivity index (χ1n) is 12.0. The average Bonchev–Trinajstić information content (AvgIpc) is 2.84. The summed E-state index contributed by atoms with van der Waals surface area (Å²) in [6, 6.07) is -0.868. The van der Waals surface area contributed by atoms with Crippen LogP contribution >= 0.6 is 0 Å². The molecule has 0 saturated carbocycles. The zero-order valence-electron chi connectivity index (χ0n) is 21.0. The number of nitrogens with zero attached hydrogens (tertiary/aromatic N) is 1.